The molecule has 0 aliphatic carbocycles. The monoisotopic (exact) mass is 985 g/mol. The highest BCUT2D eigenvalue weighted by molar-refractivity contribution is 7.92. The lowest BCUT2D eigenvalue weighted by molar-refractivity contribution is -0.140. The van der Waals surface area contributed by atoms with E-state index in [1.165, 1.54) is 6.20 Å². The van der Waals surface area contributed by atoms with E-state index in [-0.39, 0.29) is 90.1 Å². The number of hydrogen-bond acceptors (Lipinski definition) is 14. The van der Waals surface area contributed by atoms with Gasteiger partial charge in [-0.1, -0.05) is 44.5 Å². The summed E-state index contributed by atoms with van der Waals surface area (Å²) in [6.45, 7) is 20.1. The maximum atomic E-state index is 13.2. The highest BCUT2D eigenvalue weighted by atomic mass is 35.5. The number of amides is 3. The summed E-state index contributed by atoms with van der Waals surface area (Å²) < 4.78 is 49.3. The van der Waals surface area contributed by atoms with Crippen molar-refractivity contribution in [1.29, 1.82) is 0 Å². The number of nitrogens with one attached hydrogen (secondary N) is 3. The SMILES string of the molecule is Cc1cc(Nc2ncc(Cl)c(Nc3ccccc3S(=O)(=O)C(C)C)n2)c(OC(C)C)cc1C1CCN(C(=O)CCOCCOCCOCCC(=O)N[C@H](C(=O)N2C[C@H](O)C[C@H]2C)C(C)(C)C)CC1. The third kappa shape index (κ3) is 15.2. The minimum absolute atomic E-state index is 0.0475. The van der Waals surface area contributed by atoms with Gasteiger partial charge in [-0.15, -0.1) is 0 Å². The lowest BCUT2D eigenvalue weighted by Crippen LogP contribution is -2.55. The molecule has 3 aromatic rings. The Bertz CT molecular complexity index is 2290. The van der Waals surface area contributed by atoms with Crippen LogP contribution in [-0.4, -0.2) is 140 Å². The molecule has 3 heterocycles. The zero-order valence-electron chi connectivity index (χ0n) is 41.1. The van der Waals surface area contributed by atoms with Gasteiger partial charge in [0.15, 0.2) is 15.7 Å². The molecular weight excluding hydrogens is 914 g/mol. The number of nitrogens with zero attached hydrogens (tertiary/aromatic N) is 4. The van der Waals surface area contributed by atoms with Gasteiger partial charge in [0.05, 0.1) is 86.0 Å². The van der Waals surface area contributed by atoms with E-state index >= 15 is 0 Å². The molecule has 0 saturated carbocycles. The molecule has 17 nitrogen and oxygen atoms in total. The number of likely N-dealkylation sites (tertiary alicyclic amines) is 2. The van der Waals surface area contributed by atoms with Crippen molar-refractivity contribution in [2.75, 3.05) is 69.9 Å². The van der Waals surface area contributed by atoms with E-state index in [4.69, 9.17) is 30.5 Å². The molecule has 0 spiro atoms. The number of carbonyl (C=O) groups is 3. The average Bonchev–Trinajstić information content (AvgIpc) is 3.62. The number of anilines is 4. The summed E-state index contributed by atoms with van der Waals surface area (Å²) in [4.78, 5) is 51.8. The van der Waals surface area contributed by atoms with Gasteiger partial charge in [-0.25, -0.2) is 13.4 Å². The predicted molar refractivity (Wildman–Crippen MR) is 263 cm³/mol. The summed E-state index contributed by atoms with van der Waals surface area (Å²) in [5.74, 6) is 0.916. The molecule has 2 aliphatic heterocycles. The van der Waals surface area contributed by atoms with Crippen molar-refractivity contribution in [2.45, 2.75) is 135 Å². The second kappa shape index (κ2) is 24.8. The minimum Gasteiger partial charge on any atom is -0.489 e. The summed E-state index contributed by atoms with van der Waals surface area (Å²) in [6.07, 6.45) is 3.28. The molecule has 1 aromatic heterocycles. The number of aliphatic hydroxyl groups is 1. The summed E-state index contributed by atoms with van der Waals surface area (Å²) >= 11 is 6.50. The Labute approximate surface area is 407 Å². The molecule has 376 valence electrons. The van der Waals surface area contributed by atoms with Crippen LogP contribution in [0.25, 0.3) is 0 Å². The van der Waals surface area contributed by atoms with E-state index in [1.54, 1.807) is 43.0 Å². The van der Waals surface area contributed by atoms with Gasteiger partial charge in [-0.3, -0.25) is 14.4 Å². The van der Waals surface area contributed by atoms with Crippen LogP contribution < -0.4 is 20.7 Å². The van der Waals surface area contributed by atoms with Crippen molar-refractivity contribution in [2.24, 2.45) is 5.41 Å². The summed E-state index contributed by atoms with van der Waals surface area (Å²) in [7, 11) is -3.59. The maximum Gasteiger partial charge on any atom is 0.246 e. The molecule has 5 rings (SSSR count). The Morgan fingerprint density at radius 2 is 1.54 bits per heavy atom. The first-order valence-electron chi connectivity index (χ1n) is 23.6. The first-order valence-corrected chi connectivity index (χ1v) is 25.6. The van der Waals surface area contributed by atoms with Crippen LogP contribution in [0.5, 0.6) is 5.75 Å². The standard InChI is InChI=1S/C49H72ClN7O10S/c1-31(2)67-41-28-37(33(5)26-40(41)53-48-51-29-38(50)46(55-48)52-39-12-10-11-13-42(39)68(62,63)32(3)4)35-14-18-56(19-15-35)44(60)17-21-65-23-25-66-24-22-64-20-16-43(59)54-45(49(7,8)9)47(61)57-30-36(58)27-34(57)6/h10-13,26,28-29,31-32,34-36,45,58H,14-25,27,30H2,1-9H3,(H,54,59)(H2,51,52,53,55)/t34-,36-,45-/m1/s1. The lowest BCUT2D eigenvalue weighted by atomic mass is 9.85. The molecule has 3 atom stereocenters. The van der Waals surface area contributed by atoms with Crippen LogP contribution >= 0.6 is 11.6 Å². The number of para-hydroxylation sites is 1. The van der Waals surface area contributed by atoms with E-state index in [2.05, 4.69) is 32.0 Å². The van der Waals surface area contributed by atoms with E-state index in [9.17, 15) is 27.9 Å². The van der Waals surface area contributed by atoms with E-state index in [0.717, 1.165) is 24.0 Å². The maximum absolute atomic E-state index is 13.2. The molecule has 2 aliphatic rings. The number of β-amino-alcohol motifs (C(OH)–C–C–N with tert-alkyl or cyclic N) is 1. The van der Waals surface area contributed by atoms with Gasteiger partial charge in [0.25, 0.3) is 0 Å². The number of sulfone groups is 1. The Morgan fingerprint density at radius 3 is 2.15 bits per heavy atom. The lowest BCUT2D eigenvalue weighted by Gasteiger charge is -2.35. The largest absolute Gasteiger partial charge is 0.489 e. The van der Waals surface area contributed by atoms with E-state index in [0.29, 0.717) is 63.1 Å². The molecule has 2 aromatic carbocycles. The highest BCUT2D eigenvalue weighted by Crippen LogP contribution is 2.39. The van der Waals surface area contributed by atoms with Crippen LogP contribution in [-0.2, 0) is 38.4 Å². The molecule has 4 N–H and O–H groups in total. The third-order valence-electron chi connectivity index (χ3n) is 12.0. The Kier molecular flexibility index (Phi) is 19.8. The van der Waals surface area contributed by atoms with E-state index < -0.39 is 32.6 Å². The fourth-order valence-electron chi connectivity index (χ4n) is 8.25. The van der Waals surface area contributed by atoms with Crippen molar-refractivity contribution >= 4 is 62.3 Å². The Morgan fingerprint density at radius 1 is 0.912 bits per heavy atom. The molecule has 0 radical (unpaired) electrons. The van der Waals surface area contributed by atoms with Gasteiger partial charge in [0.2, 0.25) is 23.7 Å². The van der Waals surface area contributed by atoms with Crippen LogP contribution in [0.2, 0.25) is 5.02 Å². The molecule has 19 heteroatoms. The van der Waals surface area contributed by atoms with Crippen molar-refractivity contribution < 1.29 is 46.9 Å². The number of halogens is 1. The van der Waals surface area contributed by atoms with Crippen molar-refractivity contribution in [3.8, 4) is 5.75 Å². The van der Waals surface area contributed by atoms with Crippen molar-refractivity contribution in [3.05, 3.63) is 58.7 Å². The zero-order chi connectivity index (χ0) is 49.8. The molecule has 2 saturated heterocycles. The Balaban J connectivity index is 1.01. The summed E-state index contributed by atoms with van der Waals surface area (Å²) in [5.41, 5.74) is 2.71. The molecular formula is C49H72ClN7O10S. The fraction of sp³-hybridized carbons (Fsp3) is 0.612. The van der Waals surface area contributed by atoms with Crippen LogP contribution in [0.15, 0.2) is 47.5 Å². The third-order valence-corrected chi connectivity index (χ3v) is 14.5. The predicted octanol–water partition coefficient (Wildman–Crippen LogP) is 6.94. The number of aromatic nitrogens is 2. The minimum atomic E-state index is -3.59. The number of benzene rings is 2. The molecule has 68 heavy (non-hydrogen) atoms. The highest BCUT2D eigenvalue weighted by Gasteiger charge is 2.40. The second-order valence-electron chi connectivity index (χ2n) is 19.2. The fourth-order valence-corrected chi connectivity index (χ4v) is 9.59. The summed E-state index contributed by atoms with van der Waals surface area (Å²) in [5, 5.41) is 18.9. The normalized spacial score (nSPS) is 17.4. The van der Waals surface area contributed by atoms with Crippen molar-refractivity contribution in [1.82, 2.24) is 25.1 Å². The second-order valence-corrected chi connectivity index (χ2v) is 22.1. The first-order chi connectivity index (χ1) is 32.1. The molecule has 3 amide bonds. The topological polar surface area (TPSA) is 211 Å². The molecule has 0 unspecified atom stereocenters. The number of piperidine rings is 1. The van der Waals surface area contributed by atoms with Crippen molar-refractivity contribution in [3.63, 3.8) is 0 Å². The van der Waals surface area contributed by atoms with Gasteiger partial charge in [-0.05, 0) is 108 Å². The van der Waals surface area contributed by atoms with Crippen LogP contribution in [0, 0.1) is 12.3 Å². The van der Waals surface area contributed by atoms with Crippen LogP contribution in [0.1, 0.15) is 105 Å². The summed E-state index contributed by atoms with van der Waals surface area (Å²) in [6, 6.07) is 9.90. The van der Waals surface area contributed by atoms with Gasteiger partial charge in [-0.2, -0.15) is 4.98 Å². The van der Waals surface area contributed by atoms with Gasteiger partial charge in [0, 0.05) is 32.1 Å². The number of aliphatic hydroxyl groups excluding tert-OH is 1. The number of rotatable bonds is 23. The number of aryl methyl sites for hydroxylation is 1. The van der Waals surface area contributed by atoms with Gasteiger partial charge >= 0.3 is 0 Å². The average molecular weight is 987 g/mol. The molecule has 0 bridgehead atoms. The van der Waals surface area contributed by atoms with E-state index in [1.807, 2.05) is 59.4 Å². The van der Waals surface area contributed by atoms with Gasteiger partial charge < -0.3 is 49.8 Å². The van der Waals surface area contributed by atoms with Gasteiger partial charge in [0.1, 0.15) is 16.8 Å². The quantitative estimate of drug-likeness (QED) is 0.0710. The molecule has 2 fully saturated rings. The number of carbonyl (C=O) groups excluding carboxylic acids is 3. The first kappa shape index (κ1) is 54.4. The van der Waals surface area contributed by atoms with Crippen LogP contribution in [0.3, 0.4) is 0 Å². The smallest absolute Gasteiger partial charge is 0.246 e. The number of hydrogen-bond donors (Lipinski definition) is 4. The Hall–Kier alpha value is -4.59. The number of ether oxygens (including phenoxy) is 4. The zero-order valence-corrected chi connectivity index (χ0v) is 42.7. The van der Waals surface area contributed by atoms with Crippen LogP contribution in [0.4, 0.5) is 23.1 Å².